The second-order valence-electron chi connectivity index (χ2n) is 5.21. The van der Waals surface area contributed by atoms with Gasteiger partial charge in [0, 0.05) is 42.4 Å². The molecule has 0 aliphatic rings. The molecule has 4 aromatic rings. The van der Waals surface area contributed by atoms with Crippen LogP contribution in [0, 0.1) is 0 Å². The number of pyridine rings is 2. The molecule has 0 bridgehead atoms. The van der Waals surface area contributed by atoms with Gasteiger partial charge in [-0.3, -0.25) is 4.98 Å². The number of ether oxygens (including phenoxy) is 1. The molecule has 6 heteroatoms. The van der Waals surface area contributed by atoms with Crippen molar-refractivity contribution >= 4 is 27.8 Å². The van der Waals surface area contributed by atoms with Crippen LogP contribution >= 0.6 is 0 Å². The average molecular weight is 308 g/mol. The molecule has 4 rings (SSSR count). The summed E-state index contributed by atoms with van der Waals surface area (Å²) < 4.78 is 10.6. The van der Waals surface area contributed by atoms with Gasteiger partial charge in [0.05, 0.1) is 18.6 Å². The summed E-state index contributed by atoms with van der Waals surface area (Å²) in [4.78, 5) is 12.3. The van der Waals surface area contributed by atoms with Crippen LogP contribution in [0.3, 0.4) is 0 Å². The van der Waals surface area contributed by atoms with E-state index < -0.39 is 0 Å². The summed E-state index contributed by atoms with van der Waals surface area (Å²) in [5.41, 5.74) is 3.55. The number of fused-ring (bicyclic) bond motifs is 2. The van der Waals surface area contributed by atoms with Crippen LogP contribution in [-0.4, -0.2) is 35.2 Å². The van der Waals surface area contributed by atoms with E-state index in [1.807, 2.05) is 30.5 Å². The van der Waals surface area contributed by atoms with Gasteiger partial charge in [-0.25, -0.2) is 4.98 Å². The van der Waals surface area contributed by atoms with Crippen molar-refractivity contribution < 1.29 is 9.15 Å². The van der Waals surface area contributed by atoms with Crippen molar-refractivity contribution in [1.82, 2.24) is 15.0 Å². The Morgan fingerprint density at radius 2 is 2.22 bits per heavy atom. The van der Waals surface area contributed by atoms with Gasteiger partial charge in [-0.15, -0.1) is 0 Å². The standard InChI is InChI=1S/C17H16N4O2/c1-22-9-7-18-15-10-13(11-2-5-20-17(11)21-15)16-12-4-8-23-14(12)3-6-19-16/h2-6,8,10H,7,9H2,1H3,(H2,18,20,21). The number of furan rings is 1. The topological polar surface area (TPSA) is 76.0 Å². The number of H-pyrrole nitrogens is 1. The van der Waals surface area contributed by atoms with E-state index in [1.165, 1.54) is 0 Å². The summed E-state index contributed by atoms with van der Waals surface area (Å²) >= 11 is 0. The predicted octanol–water partition coefficient (Wildman–Crippen LogP) is 3.43. The van der Waals surface area contributed by atoms with Crippen LogP contribution in [0.4, 0.5) is 5.82 Å². The number of nitrogens with one attached hydrogen (secondary N) is 2. The van der Waals surface area contributed by atoms with Gasteiger partial charge < -0.3 is 19.5 Å². The molecule has 0 spiro atoms. The maximum Gasteiger partial charge on any atom is 0.140 e. The summed E-state index contributed by atoms with van der Waals surface area (Å²) in [7, 11) is 1.68. The number of hydrogen-bond acceptors (Lipinski definition) is 5. The Bertz CT molecular complexity index is 957. The molecule has 2 N–H and O–H groups in total. The van der Waals surface area contributed by atoms with Gasteiger partial charge in [-0.2, -0.15) is 0 Å². The maximum atomic E-state index is 5.49. The number of hydrogen-bond donors (Lipinski definition) is 2. The van der Waals surface area contributed by atoms with E-state index in [-0.39, 0.29) is 0 Å². The first-order chi connectivity index (χ1) is 11.4. The van der Waals surface area contributed by atoms with Crippen LogP contribution in [0.15, 0.2) is 47.3 Å². The maximum absolute atomic E-state index is 5.49. The van der Waals surface area contributed by atoms with Gasteiger partial charge in [-0.05, 0) is 24.3 Å². The lowest BCUT2D eigenvalue weighted by atomic mass is 10.1. The Morgan fingerprint density at radius 3 is 3.13 bits per heavy atom. The molecule has 23 heavy (non-hydrogen) atoms. The second-order valence-corrected chi connectivity index (χ2v) is 5.21. The van der Waals surface area contributed by atoms with Crippen molar-refractivity contribution in [2.24, 2.45) is 0 Å². The van der Waals surface area contributed by atoms with Crippen LogP contribution in [0.25, 0.3) is 33.3 Å². The normalized spacial score (nSPS) is 11.3. The molecule has 4 heterocycles. The van der Waals surface area contributed by atoms with Gasteiger partial charge in [-0.1, -0.05) is 0 Å². The molecule has 0 amide bonds. The second kappa shape index (κ2) is 5.73. The van der Waals surface area contributed by atoms with Crippen molar-refractivity contribution in [3.63, 3.8) is 0 Å². The number of aromatic nitrogens is 3. The summed E-state index contributed by atoms with van der Waals surface area (Å²) in [5.74, 6) is 0.786. The summed E-state index contributed by atoms with van der Waals surface area (Å²) in [5, 5.41) is 5.29. The molecular weight excluding hydrogens is 292 g/mol. The minimum atomic E-state index is 0.620. The van der Waals surface area contributed by atoms with Gasteiger partial charge in [0.25, 0.3) is 0 Å². The third-order valence-electron chi connectivity index (χ3n) is 3.78. The Kier molecular flexibility index (Phi) is 3.44. The van der Waals surface area contributed by atoms with Crippen LogP contribution in [-0.2, 0) is 4.74 Å². The lowest BCUT2D eigenvalue weighted by Gasteiger charge is -2.09. The summed E-state index contributed by atoms with van der Waals surface area (Å²) in [6.07, 6.45) is 5.33. The zero-order chi connectivity index (χ0) is 15.6. The number of aromatic amines is 1. The van der Waals surface area contributed by atoms with Crippen molar-refractivity contribution in [3.05, 3.63) is 42.9 Å². The van der Waals surface area contributed by atoms with E-state index in [9.17, 15) is 0 Å². The first-order valence-electron chi connectivity index (χ1n) is 7.40. The highest BCUT2D eigenvalue weighted by molar-refractivity contribution is 6.01. The fourth-order valence-electron chi connectivity index (χ4n) is 2.71. The Hall–Kier alpha value is -2.86. The van der Waals surface area contributed by atoms with Gasteiger partial charge in [0.1, 0.15) is 17.0 Å². The molecular formula is C17H16N4O2. The third kappa shape index (κ3) is 2.43. The lowest BCUT2D eigenvalue weighted by molar-refractivity contribution is 0.210. The predicted molar refractivity (Wildman–Crippen MR) is 89.5 cm³/mol. The van der Waals surface area contributed by atoms with Gasteiger partial charge in [0.15, 0.2) is 0 Å². The van der Waals surface area contributed by atoms with E-state index in [1.54, 1.807) is 19.6 Å². The quantitative estimate of drug-likeness (QED) is 0.552. The number of anilines is 1. The van der Waals surface area contributed by atoms with Crippen molar-refractivity contribution in [3.8, 4) is 11.3 Å². The molecule has 0 fully saturated rings. The molecule has 0 saturated carbocycles. The molecule has 0 atom stereocenters. The van der Waals surface area contributed by atoms with Gasteiger partial charge >= 0.3 is 0 Å². The van der Waals surface area contributed by atoms with Crippen LogP contribution in [0.5, 0.6) is 0 Å². The van der Waals surface area contributed by atoms with E-state index in [2.05, 4.69) is 20.3 Å². The molecule has 4 aromatic heterocycles. The van der Waals surface area contributed by atoms with Crippen LogP contribution < -0.4 is 5.32 Å². The number of nitrogens with zero attached hydrogens (tertiary/aromatic N) is 2. The molecule has 0 saturated heterocycles. The van der Waals surface area contributed by atoms with E-state index in [0.29, 0.717) is 13.2 Å². The first-order valence-corrected chi connectivity index (χ1v) is 7.40. The van der Waals surface area contributed by atoms with Gasteiger partial charge in [0.2, 0.25) is 0 Å². The largest absolute Gasteiger partial charge is 0.464 e. The van der Waals surface area contributed by atoms with E-state index >= 15 is 0 Å². The fourth-order valence-corrected chi connectivity index (χ4v) is 2.71. The third-order valence-corrected chi connectivity index (χ3v) is 3.78. The number of methoxy groups -OCH3 is 1. The number of rotatable bonds is 5. The van der Waals surface area contributed by atoms with E-state index in [4.69, 9.17) is 9.15 Å². The van der Waals surface area contributed by atoms with Crippen molar-refractivity contribution in [2.75, 3.05) is 25.6 Å². The van der Waals surface area contributed by atoms with E-state index in [0.717, 1.165) is 39.1 Å². The molecule has 0 radical (unpaired) electrons. The zero-order valence-corrected chi connectivity index (χ0v) is 12.7. The first kappa shape index (κ1) is 13.8. The summed E-state index contributed by atoms with van der Waals surface area (Å²) in [6.45, 7) is 1.31. The van der Waals surface area contributed by atoms with Crippen molar-refractivity contribution in [2.45, 2.75) is 0 Å². The van der Waals surface area contributed by atoms with Crippen LogP contribution in [0.1, 0.15) is 0 Å². The molecule has 116 valence electrons. The van der Waals surface area contributed by atoms with Crippen LogP contribution in [0.2, 0.25) is 0 Å². The smallest absolute Gasteiger partial charge is 0.140 e. The van der Waals surface area contributed by atoms with Crippen molar-refractivity contribution in [1.29, 1.82) is 0 Å². The minimum absolute atomic E-state index is 0.620. The molecule has 0 aromatic carbocycles. The molecule has 6 nitrogen and oxygen atoms in total. The highest BCUT2D eigenvalue weighted by Gasteiger charge is 2.13. The molecule has 0 aliphatic heterocycles. The minimum Gasteiger partial charge on any atom is -0.464 e. The Labute approximate surface area is 132 Å². The molecule has 0 unspecified atom stereocenters. The Morgan fingerprint density at radius 1 is 1.26 bits per heavy atom. The highest BCUT2D eigenvalue weighted by atomic mass is 16.5. The zero-order valence-electron chi connectivity index (χ0n) is 12.7. The fraction of sp³-hybridized carbons (Fsp3) is 0.176. The molecule has 0 aliphatic carbocycles. The highest BCUT2D eigenvalue weighted by Crippen LogP contribution is 2.33. The average Bonchev–Trinajstić information content (AvgIpc) is 3.22. The lowest BCUT2D eigenvalue weighted by Crippen LogP contribution is -2.09. The Balaban J connectivity index is 1.88. The monoisotopic (exact) mass is 308 g/mol. The SMILES string of the molecule is COCCNc1cc(-c2nccc3occc23)c2cc[nH]c2n1. The summed E-state index contributed by atoms with van der Waals surface area (Å²) in [6, 6.07) is 7.83.